The smallest absolute Gasteiger partial charge is 0.241 e. The lowest BCUT2D eigenvalue weighted by molar-refractivity contribution is -0.130. The Hall–Kier alpha value is -1.36. The van der Waals surface area contributed by atoms with E-state index in [9.17, 15) is 4.79 Å². The molecule has 104 valence electrons. The molecule has 1 aromatic heterocycles. The fraction of sp³-hybridized carbons (Fsp3) is 0.615. The number of carbonyl (C=O) groups excluding carboxylic acids is 1. The Morgan fingerprint density at radius 2 is 2.11 bits per heavy atom. The average molecular weight is 283 g/mol. The highest BCUT2D eigenvalue weighted by Crippen LogP contribution is 2.12. The summed E-state index contributed by atoms with van der Waals surface area (Å²) in [5, 5.41) is 3.43. The second-order valence-corrected chi connectivity index (χ2v) is 5.03. The number of aromatic nitrogens is 2. The van der Waals surface area contributed by atoms with Crippen LogP contribution >= 0.6 is 11.6 Å². The molecule has 1 fully saturated rings. The van der Waals surface area contributed by atoms with Crippen LogP contribution in [-0.2, 0) is 11.2 Å². The monoisotopic (exact) mass is 282 g/mol. The zero-order valence-electron chi connectivity index (χ0n) is 11.2. The minimum atomic E-state index is 0.118. The number of carbonyl (C=O) groups is 1. The van der Waals surface area contributed by atoms with Crippen molar-refractivity contribution in [3.8, 4) is 0 Å². The molecule has 1 N–H and O–H groups in total. The third-order valence-corrected chi connectivity index (χ3v) is 3.38. The van der Waals surface area contributed by atoms with Gasteiger partial charge in [0.15, 0.2) is 0 Å². The van der Waals surface area contributed by atoms with E-state index in [-0.39, 0.29) is 12.5 Å². The molecule has 1 amide bonds. The Labute approximate surface area is 118 Å². The van der Waals surface area contributed by atoms with E-state index in [2.05, 4.69) is 15.3 Å². The fourth-order valence-electron chi connectivity index (χ4n) is 2.13. The van der Waals surface area contributed by atoms with Crippen LogP contribution in [0.5, 0.6) is 0 Å². The summed E-state index contributed by atoms with van der Waals surface area (Å²) >= 11 is 5.91. The van der Waals surface area contributed by atoms with Crippen LogP contribution in [0.4, 0.5) is 5.82 Å². The molecule has 1 aliphatic rings. The number of piperidine rings is 1. The van der Waals surface area contributed by atoms with E-state index >= 15 is 0 Å². The Morgan fingerprint density at radius 1 is 1.37 bits per heavy atom. The second-order valence-electron chi connectivity index (χ2n) is 4.64. The lowest BCUT2D eigenvalue weighted by Gasteiger charge is -2.26. The van der Waals surface area contributed by atoms with Crippen LogP contribution in [0.15, 0.2) is 6.07 Å². The van der Waals surface area contributed by atoms with Crippen molar-refractivity contribution in [1.29, 1.82) is 0 Å². The van der Waals surface area contributed by atoms with Crippen molar-refractivity contribution < 1.29 is 4.79 Å². The van der Waals surface area contributed by atoms with Gasteiger partial charge in [-0.05, 0) is 19.3 Å². The Balaban J connectivity index is 1.90. The van der Waals surface area contributed by atoms with E-state index in [0.717, 1.165) is 32.4 Å². The number of hydrogen-bond donors (Lipinski definition) is 1. The summed E-state index contributed by atoms with van der Waals surface area (Å²) in [6, 6.07) is 1.64. The van der Waals surface area contributed by atoms with Crippen molar-refractivity contribution in [1.82, 2.24) is 14.9 Å². The van der Waals surface area contributed by atoms with Gasteiger partial charge in [-0.3, -0.25) is 4.79 Å². The summed E-state index contributed by atoms with van der Waals surface area (Å²) < 4.78 is 0. The molecule has 2 rings (SSSR count). The van der Waals surface area contributed by atoms with Gasteiger partial charge in [-0.2, -0.15) is 0 Å². The molecule has 1 aromatic rings. The molecule has 0 unspecified atom stereocenters. The van der Waals surface area contributed by atoms with E-state index in [0.29, 0.717) is 16.8 Å². The van der Waals surface area contributed by atoms with Crippen LogP contribution in [-0.4, -0.2) is 40.4 Å². The SMILES string of the molecule is CCc1nc(Cl)cc(NCC(=O)N2CCCCC2)n1. The molecule has 0 aliphatic carbocycles. The van der Waals surface area contributed by atoms with Crippen LogP contribution in [0.2, 0.25) is 5.15 Å². The fourth-order valence-corrected chi connectivity index (χ4v) is 2.34. The number of amides is 1. The van der Waals surface area contributed by atoms with Gasteiger partial charge in [0.25, 0.3) is 0 Å². The summed E-state index contributed by atoms with van der Waals surface area (Å²) in [6.07, 6.45) is 4.14. The summed E-state index contributed by atoms with van der Waals surface area (Å²) in [5.41, 5.74) is 0. The number of nitrogens with zero attached hydrogens (tertiary/aromatic N) is 3. The third kappa shape index (κ3) is 4.06. The maximum atomic E-state index is 12.0. The lowest BCUT2D eigenvalue weighted by Crippen LogP contribution is -2.39. The second kappa shape index (κ2) is 6.70. The molecule has 2 heterocycles. The van der Waals surface area contributed by atoms with Gasteiger partial charge < -0.3 is 10.2 Å². The molecular weight excluding hydrogens is 264 g/mol. The van der Waals surface area contributed by atoms with Gasteiger partial charge in [0.2, 0.25) is 5.91 Å². The van der Waals surface area contributed by atoms with Gasteiger partial charge in [0.05, 0.1) is 6.54 Å². The van der Waals surface area contributed by atoms with Crippen LogP contribution < -0.4 is 5.32 Å². The highest BCUT2D eigenvalue weighted by molar-refractivity contribution is 6.29. The Kier molecular flexibility index (Phi) is 4.96. The Morgan fingerprint density at radius 3 is 2.79 bits per heavy atom. The summed E-state index contributed by atoms with van der Waals surface area (Å²) in [4.78, 5) is 22.3. The number of aryl methyl sites for hydroxylation is 1. The van der Waals surface area contributed by atoms with Crippen molar-refractivity contribution in [2.75, 3.05) is 25.0 Å². The number of nitrogens with one attached hydrogen (secondary N) is 1. The maximum absolute atomic E-state index is 12.0. The first-order valence-electron chi connectivity index (χ1n) is 6.74. The van der Waals surface area contributed by atoms with Gasteiger partial charge in [-0.15, -0.1) is 0 Å². The van der Waals surface area contributed by atoms with Gasteiger partial charge in [0.1, 0.15) is 16.8 Å². The van der Waals surface area contributed by atoms with Crippen LogP contribution in [0.25, 0.3) is 0 Å². The quantitative estimate of drug-likeness (QED) is 0.860. The van der Waals surface area contributed by atoms with Gasteiger partial charge in [0, 0.05) is 25.6 Å². The van der Waals surface area contributed by atoms with E-state index in [1.54, 1.807) is 6.07 Å². The van der Waals surface area contributed by atoms with Gasteiger partial charge >= 0.3 is 0 Å². The minimum Gasteiger partial charge on any atom is -0.361 e. The van der Waals surface area contributed by atoms with E-state index < -0.39 is 0 Å². The molecule has 5 nitrogen and oxygen atoms in total. The van der Waals surface area contributed by atoms with Crippen molar-refractivity contribution in [2.24, 2.45) is 0 Å². The first kappa shape index (κ1) is 14.1. The predicted molar refractivity (Wildman–Crippen MR) is 75.3 cm³/mol. The predicted octanol–water partition coefficient (Wildman–Crippen LogP) is 2.12. The number of rotatable bonds is 4. The van der Waals surface area contributed by atoms with Crippen LogP contribution in [0, 0.1) is 0 Å². The normalized spacial score (nSPS) is 15.4. The maximum Gasteiger partial charge on any atom is 0.241 e. The molecule has 0 atom stereocenters. The van der Waals surface area contributed by atoms with Crippen molar-refractivity contribution in [2.45, 2.75) is 32.6 Å². The van der Waals surface area contributed by atoms with E-state index in [1.165, 1.54) is 6.42 Å². The zero-order valence-corrected chi connectivity index (χ0v) is 11.9. The largest absolute Gasteiger partial charge is 0.361 e. The average Bonchev–Trinajstić information content (AvgIpc) is 2.45. The summed E-state index contributed by atoms with van der Waals surface area (Å²) in [5.74, 6) is 1.41. The molecule has 19 heavy (non-hydrogen) atoms. The molecule has 0 bridgehead atoms. The number of hydrogen-bond acceptors (Lipinski definition) is 4. The van der Waals surface area contributed by atoms with Crippen molar-refractivity contribution in [3.63, 3.8) is 0 Å². The Bertz CT molecular complexity index is 446. The summed E-state index contributed by atoms with van der Waals surface area (Å²) in [6.45, 7) is 3.96. The molecule has 1 saturated heterocycles. The van der Waals surface area contributed by atoms with Gasteiger partial charge in [-0.25, -0.2) is 9.97 Å². The minimum absolute atomic E-state index is 0.118. The zero-order chi connectivity index (χ0) is 13.7. The number of anilines is 1. The highest BCUT2D eigenvalue weighted by atomic mass is 35.5. The highest BCUT2D eigenvalue weighted by Gasteiger charge is 2.16. The number of halogens is 1. The van der Waals surface area contributed by atoms with E-state index in [1.807, 2.05) is 11.8 Å². The number of likely N-dealkylation sites (tertiary alicyclic amines) is 1. The first-order valence-corrected chi connectivity index (χ1v) is 7.12. The molecule has 0 spiro atoms. The molecule has 0 radical (unpaired) electrons. The molecule has 0 saturated carbocycles. The van der Waals surface area contributed by atoms with E-state index in [4.69, 9.17) is 11.6 Å². The first-order chi connectivity index (χ1) is 9.19. The van der Waals surface area contributed by atoms with Crippen LogP contribution in [0.1, 0.15) is 32.0 Å². The lowest BCUT2D eigenvalue weighted by atomic mass is 10.1. The third-order valence-electron chi connectivity index (χ3n) is 3.19. The molecule has 0 aromatic carbocycles. The molecular formula is C13H19ClN4O. The molecule has 1 aliphatic heterocycles. The summed E-state index contributed by atoms with van der Waals surface area (Å²) in [7, 11) is 0. The van der Waals surface area contributed by atoms with Gasteiger partial charge in [-0.1, -0.05) is 18.5 Å². The standard InChI is InChI=1S/C13H19ClN4O/c1-2-11-16-10(14)8-12(17-11)15-9-13(19)18-6-4-3-5-7-18/h8H,2-7,9H2,1H3,(H,15,16,17). The topological polar surface area (TPSA) is 58.1 Å². The van der Waals surface area contributed by atoms with Crippen molar-refractivity contribution in [3.05, 3.63) is 17.0 Å². The molecule has 6 heteroatoms. The van der Waals surface area contributed by atoms with Crippen LogP contribution in [0.3, 0.4) is 0 Å². The van der Waals surface area contributed by atoms with Crippen molar-refractivity contribution >= 4 is 23.3 Å².